The molecule has 25 heavy (non-hydrogen) atoms. The van der Waals surface area contributed by atoms with E-state index in [1.807, 2.05) is 39.0 Å². The van der Waals surface area contributed by atoms with E-state index in [0.717, 1.165) is 0 Å². The minimum absolute atomic E-state index is 0.0128. The van der Waals surface area contributed by atoms with Crippen molar-refractivity contribution >= 4 is 23.5 Å². The first kappa shape index (κ1) is 19.0. The highest BCUT2D eigenvalue weighted by atomic mass is 35.5. The van der Waals surface area contributed by atoms with Crippen molar-refractivity contribution in [3.8, 4) is 11.3 Å². The zero-order chi connectivity index (χ0) is 18.6. The average molecular weight is 364 g/mol. The number of halogens is 1. The number of carboxylic acid groups (broad SMARTS) is 1. The standard InChI is InChI=1S/C18H22ClN3O3/c1-18(2,3)22-11-13(17(25)20-10-6-9-15(23)24)16(21-22)12-7-4-5-8-14(12)19/h4-5,7-8,11H,6,9-10H2,1-3H3,(H,20,25)(H,23,24). The van der Waals surface area contributed by atoms with Gasteiger partial charge in [-0.15, -0.1) is 0 Å². The highest BCUT2D eigenvalue weighted by Gasteiger charge is 2.23. The molecular formula is C18H22ClN3O3. The molecule has 0 aliphatic heterocycles. The SMILES string of the molecule is CC(C)(C)n1cc(C(=O)NCCCC(=O)O)c(-c2ccccc2Cl)n1. The van der Waals surface area contributed by atoms with Gasteiger partial charge in [0.25, 0.3) is 5.91 Å². The van der Waals surface area contributed by atoms with E-state index in [1.54, 1.807) is 16.9 Å². The molecule has 0 fully saturated rings. The highest BCUT2D eigenvalue weighted by molar-refractivity contribution is 6.33. The van der Waals surface area contributed by atoms with Crippen LogP contribution in [0.25, 0.3) is 11.3 Å². The van der Waals surface area contributed by atoms with E-state index in [4.69, 9.17) is 16.7 Å². The number of hydrogen-bond acceptors (Lipinski definition) is 3. The molecule has 0 saturated heterocycles. The Morgan fingerprint density at radius 2 is 1.96 bits per heavy atom. The number of carbonyl (C=O) groups is 2. The fourth-order valence-corrected chi connectivity index (χ4v) is 2.50. The summed E-state index contributed by atoms with van der Waals surface area (Å²) in [5.74, 6) is -1.18. The molecule has 0 atom stereocenters. The third kappa shape index (κ3) is 4.82. The van der Waals surface area contributed by atoms with Gasteiger partial charge in [-0.05, 0) is 33.3 Å². The number of carboxylic acids is 1. The van der Waals surface area contributed by atoms with Crippen molar-refractivity contribution in [1.29, 1.82) is 0 Å². The van der Waals surface area contributed by atoms with Crippen molar-refractivity contribution in [2.24, 2.45) is 0 Å². The largest absolute Gasteiger partial charge is 0.481 e. The molecule has 2 rings (SSSR count). The summed E-state index contributed by atoms with van der Waals surface area (Å²) in [6.45, 7) is 6.26. The van der Waals surface area contributed by atoms with E-state index in [2.05, 4.69) is 10.4 Å². The molecule has 134 valence electrons. The van der Waals surface area contributed by atoms with Crippen molar-refractivity contribution in [2.75, 3.05) is 6.54 Å². The van der Waals surface area contributed by atoms with E-state index >= 15 is 0 Å². The van der Waals surface area contributed by atoms with Crippen molar-refractivity contribution in [3.63, 3.8) is 0 Å². The Bertz CT molecular complexity index is 778. The third-order valence-electron chi connectivity index (χ3n) is 3.63. The van der Waals surface area contributed by atoms with Gasteiger partial charge in [0, 0.05) is 24.7 Å². The Hall–Kier alpha value is -2.34. The summed E-state index contributed by atoms with van der Waals surface area (Å²) in [6, 6.07) is 7.23. The van der Waals surface area contributed by atoms with E-state index in [1.165, 1.54) is 0 Å². The van der Waals surface area contributed by atoms with E-state index < -0.39 is 5.97 Å². The Kier molecular flexibility index (Phi) is 5.85. The maximum atomic E-state index is 12.6. The number of aliphatic carboxylic acids is 1. The second-order valence-corrected chi connectivity index (χ2v) is 7.15. The quantitative estimate of drug-likeness (QED) is 0.768. The Labute approximate surface area is 151 Å². The van der Waals surface area contributed by atoms with E-state index in [0.29, 0.717) is 28.3 Å². The first-order valence-electron chi connectivity index (χ1n) is 8.05. The topological polar surface area (TPSA) is 84.2 Å². The summed E-state index contributed by atoms with van der Waals surface area (Å²) in [4.78, 5) is 23.1. The minimum atomic E-state index is -0.883. The summed E-state index contributed by atoms with van der Waals surface area (Å²) < 4.78 is 1.73. The number of hydrogen-bond donors (Lipinski definition) is 2. The molecule has 0 saturated carbocycles. The van der Waals surface area contributed by atoms with Gasteiger partial charge in [-0.2, -0.15) is 5.10 Å². The van der Waals surface area contributed by atoms with Gasteiger partial charge in [-0.1, -0.05) is 29.8 Å². The zero-order valence-corrected chi connectivity index (χ0v) is 15.3. The zero-order valence-electron chi connectivity index (χ0n) is 14.5. The summed E-state index contributed by atoms with van der Waals surface area (Å²) >= 11 is 6.27. The van der Waals surface area contributed by atoms with Crippen molar-refractivity contribution < 1.29 is 14.7 Å². The van der Waals surface area contributed by atoms with Gasteiger partial charge in [-0.3, -0.25) is 14.3 Å². The normalized spacial score (nSPS) is 11.4. The number of nitrogens with zero attached hydrogens (tertiary/aromatic N) is 2. The maximum absolute atomic E-state index is 12.6. The second kappa shape index (κ2) is 7.70. The highest BCUT2D eigenvalue weighted by Crippen LogP contribution is 2.30. The van der Waals surface area contributed by atoms with Crippen LogP contribution in [0, 0.1) is 0 Å². The van der Waals surface area contributed by atoms with Gasteiger partial charge in [0.05, 0.1) is 16.1 Å². The molecule has 0 unspecified atom stereocenters. The summed E-state index contributed by atoms with van der Waals surface area (Å²) in [5, 5.41) is 16.5. The predicted molar refractivity (Wildman–Crippen MR) is 96.9 cm³/mol. The fraction of sp³-hybridized carbons (Fsp3) is 0.389. The summed E-state index contributed by atoms with van der Waals surface area (Å²) in [5.41, 5.74) is 1.31. The van der Waals surface area contributed by atoms with Crippen LogP contribution in [0.5, 0.6) is 0 Å². The van der Waals surface area contributed by atoms with Crippen LogP contribution >= 0.6 is 11.6 Å². The van der Waals surface area contributed by atoms with Crippen LogP contribution in [-0.4, -0.2) is 33.3 Å². The average Bonchev–Trinajstić information content (AvgIpc) is 2.97. The van der Waals surface area contributed by atoms with Gasteiger partial charge in [0.15, 0.2) is 0 Å². The van der Waals surface area contributed by atoms with E-state index in [9.17, 15) is 9.59 Å². The van der Waals surface area contributed by atoms with Crippen LogP contribution < -0.4 is 5.32 Å². The lowest BCUT2D eigenvalue weighted by molar-refractivity contribution is -0.137. The molecule has 1 aromatic heterocycles. The fourth-order valence-electron chi connectivity index (χ4n) is 2.27. The predicted octanol–water partition coefficient (Wildman–Crippen LogP) is 3.55. The molecule has 2 aromatic rings. The lowest BCUT2D eigenvalue weighted by atomic mass is 10.1. The van der Waals surface area contributed by atoms with Crippen molar-refractivity contribution in [1.82, 2.24) is 15.1 Å². The minimum Gasteiger partial charge on any atom is -0.481 e. The first-order valence-corrected chi connectivity index (χ1v) is 8.43. The molecule has 1 aromatic carbocycles. The first-order chi connectivity index (χ1) is 11.7. The molecule has 0 radical (unpaired) electrons. The lowest BCUT2D eigenvalue weighted by Gasteiger charge is -2.18. The summed E-state index contributed by atoms with van der Waals surface area (Å²) in [7, 11) is 0. The number of rotatable bonds is 6. The summed E-state index contributed by atoms with van der Waals surface area (Å²) in [6.07, 6.45) is 2.08. The van der Waals surface area contributed by atoms with Gasteiger partial charge in [0.1, 0.15) is 5.69 Å². The maximum Gasteiger partial charge on any atom is 0.303 e. The third-order valence-corrected chi connectivity index (χ3v) is 3.96. The molecule has 0 aliphatic carbocycles. The smallest absolute Gasteiger partial charge is 0.303 e. The van der Waals surface area contributed by atoms with Crippen LogP contribution in [0.15, 0.2) is 30.5 Å². The van der Waals surface area contributed by atoms with Crippen molar-refractivity contribution in [3.05, 3.63) is 41.0 Å². The Balaban J connectivity index is 2.32. The van der Waals surface area contributed by atoms with Gasteiger partial charge in [-0.25, -0.2) is 0 Å². The molecule has 0 bridgehead atoms. The molecular weight excluding hydrogens is 342 g/mol. The molecule has 0 spiro atoms. The van der Waals surface area contributed by atoms with Crippen LogP contribution in [0.1, 0.15) is 44.0 Å². The van der Waals surface area contributed by atoms with Crippen LogP contribution in [0.4, 0.5) is 0 Å². The van der Waals surface area contributed by atoms with Crippen LogP contribution in [-0.2, 0) is 10.3 Å². The number of nitrogens with one attached hydrogen (secondary N) is 1. The number of aromatic nitrogens is 2. The Morgan fingerprint density at radius 3 is 2.56 bits per heavy atom. The van der Waals surface area contributed by atoms with Crippen molar-refractivity contribution in [2.45, 2.75) is 39.2 Å². The van der Waals surface area contributed by atoms with Gasteiger partial charge < -0.3 is 10.4 Å². The molecule has 1 heterocycles. The molecule has 0 aliphatic rings. The number of carbonyl (C=O) groups excluding carboxylic acids is 1. The van der Waals surface area contributed by atoms with Gasteiger partial charge in [0.2, 0.25) is 0 Å². The van der Waals surface area contributed by atoms with Crippen LogP contribution in [0.2, 0.25) is 5.02 Å². The number of amides is 1. The molecule has 6 nitrogen and oxygen atoms in total. The molecule has 7 heteroatoms. The lowest BCUT2D eigenvalue weighted by Crippen LogP contribution is -2.25. The molecule has 1 amide bonds. The van der Waals surface area contributed by atoms with Gasteiger partial charge >= 0.3 is 5.97 Å². The Morgan fingerprint density at radius 1 is 1.28 bits per heavy atom. The van der Waals surface area contributed by atoms with E-state index in [-0.39, 0.29) is 24.4 Å². The number of benzene rings is 1. The molecule has 2 N–H and O–H groups in total. The van der Waals surface area contributed by atoms with Crippen LogP contribution in [0.3, 0.4) is 0 Å². The second-order valence-electron chi connectivity index (χ2n) is 6.74. The monoisotopic (exact) mass is 363 g/mol.